The van der Waals surface area contributed by atoms with Crippen LogP contribution in [0, 0.1) is 0 Å². The van der Waals surface area contributed by atoms with Crippen molar-refractivity contribution in [1.82, 2.24) is 18.9 Å². The average molecular weight is 362 g/mol. The predicted molar refractivity (Wildman–Crippen MR) is 94.4 cm³/mol. The topological polar surface area (TPSA) is 92.7 Å². The van der Waals surface area contributed by atoms with Crippen molar-refractivity contribution in [2.24, 2.45) is 0 Å². The first-order valence-electron chi connectivity index (χ1n) is 7.02. The fourth-order valence-corrected chi connectivity index (χ4v) is 3.66. The van der Waals surface area contributed by atoms with Gasteiger partial charge in [0.25, 0.3) is 0 Å². The number of rotatable bonds is 3. The van der Waals surface area contributed by atoms with Crippen LogP contribution in [0.5, 0.6) is 0 Å². The summed E-state index contributed by atoms with van der Waals surface area (Å²) in [6.07, 6.45) is 4.43. The van der Waals surface area contributed by atoms with E-state index in [0.29, 0.717) is 22.7 Å². The molecule has 0 saturated carbocycles. The van der Waals surface area contributed by atoms with Gasteiger partial charge >= 0.3 is 0 Å². The lowest BCUT2D eigenvalue weighted by Gasteiger charge is -2.11. The zero-order valence-corrected chi connectivity index (χ0v) is 14.1. The number of para-hydroxylation sites is 1. The van der Waals surface area contributed by atoms with Crippen LogP contribution in [0.2, 0.25) is 5.28 Å². The molecule has 24 heavy (non-hydrogen) atoms. The highest BCUT2D eigenvalue weighted by atomic mass is 35.5. The zero-order chi connectivity index (χ0) is 16.9. The van der Waals surface area contributed by atoms with Crippen molar-refractivity contribution in [2.45, 2.75) is 0 Å². The third kappa shape index (κ3) is 2.40. The standard InChI is InChI=1S/C15H12ClN5O2S/c1-24(22,23)21-8-6-9-3-2-4-11(12(9)21)18-14-10-5-7-17-13(10)19-15(16)20-14/h2-8H,1H3,(H2,17,18,19,20). The predicted octanol–water partition coefficient (Wildman–Crippen LogP) is 3.12. The van der Waals surface area contributed by atoms with E-state index in [1.165, 1.54) is 10.2 Å². The number of hydrogen-bond acceptors (Lipinski definition) is 5. The first-order valence-corrected chi connectivity index (χ1v) is 9.24. The Labute approximate surface area is 142 Å². The molecule has 0 aliphatic carbocycles. The van der Waals surface area contributed by atoms with E-state index in [9.17, 15) is 8.42 Å². The van der Waals surface area contributed by atoms with Crippen molar-refractivity contribution < 1.29 is 8.42 Å². The highest BCUT2D eigenvalue weighted by molar-refractivity contribution is 7.89. The van der Waals surface area contributed by atoms with Crippen LogP contribution in [0.25, 0.3) is 21.9 Å². The molecule has 9 heteroatoms. The minimum atomic E-state index is -3.43. The second-order valence-corrected chi connectivity index (χ2v) is 7.52. The van der Waals surface area contributed by atoms with Gasteiger partial charge in [0.1, 0.15) is 11.5 Å². The summed E-state index contributed by atoms with van der Waals surface area (Å²) in [6.45, 7) is 0. The second kappa shape index (κ2) is 5.22. The molecule has 0 fully saturated rings. The molecule has 0 spiro atoms. The van der Waals surface area contributed by atoms with Crippen LogP contribution in [0.15, 0.2) is 42.7 Å². The lowest BCUT2D eigenvalue weighted by molar-refractivity contribution is 0.595. The van der Waals surface area contributed by atoms with Gasteiger partial charge in [-0.2, -0.15) is 9.97 Å². The Kier molecular flexibility index (Phi) is 3.26. The lowest BCUT2D eigenvalue weighted by atomic mass is 10.2. The molecular weight excluding hydrogens is 350 g/mol. The Balaban J connectivity index is 1.94. The van der Waals surface area contributed by atoms with Gasteiger partial charge in [0.2, 0.25) is 15.3 Å². The smallest absolute Gasteiger partial charge is 0.236 e. The molecule has 0 bridgehead atoms. The molecule has 0 atom stereocenters. The summed E-state index contributed by atoms with van der Waals surface area (Å²) < 4.78 is 25.3. The van der Waals surface area contributed by atoms with E-state index in [0.717, 1.165) is 17.0 Å². The second-order valence-electron chi connectivity index (χ2n) is 5.32. The molecule has 4 rings (SSSR count). The quantitative estimate of drug-likeness (QED) is 0.547. The summed E-state index contributed by atoms with van der Waals surface area (Å²) in [6, 6.07) is 9.05. The minimum Gasteiger partial charge on any atom is -0.346 e. The van der Waals surface area contributed by atoms with Crippen LogP contribution in [-0.4, -0.2) is 33.6 Å². The molecule has 7 nitrogen and oxygen atoms in total. The third-order valence-corrected chi connectivity index (χ3v) is 4.86. The maximum Gasteiger partial charge on any atom is 0.236 e. The average Bonchev–Trinajstić information content (AvgIpc) is 3.12. The number of halogens is 1. The molecule has 1 aromatic carbocycles. The largest absolute Gasteiger partial charge is 0.346 e. The summed E-state index contributed by atoms with van der Waals surface area (Å²) in [5.74, 6) is 0.500. The highest BCUT2D eigenvalue weighted by Gasteiger charge is 2.15. The molecule has 4 aromatic rings. The van der Waals surface area contributed by atoms with Gasteiger partial charge in [0, 0.05) is 17.8 Å². The number of fused-ring (bicyclic) bond motifs is 2. The Hall–Kier alpha value is -2.58. The fraction of sp³-hybridized carbons (Fsp3) is 0.0667. The van der Waals surface area contributed by atoms with Crippen molar-refractivity contribution >= 4 is 55.1 Å². The maximum absolute atomic E-state index is 12.0. The van der Waals surface area contributed by atoms with Crippen molar-refractivity contribution in [1.29, 1.82) is 0 Å². The molecule has 2 N–H and O–H groups in total. The monoisotopic (exact) mass is 361 g/mol. The Bertz CT molecular complexity index is 1180. The van der Waals surface area contributed by atoms with Gasteiger partial charge in [-0.05, 0) is 29.8 Å². The summed E-state index contributed by atoms with van der Waals surface area (Å²) >= 11 is 5.96. The van der Waals surface area contributed by atoms with E-state index < -0.39 is 10.0 Å². The third-order valence-electron chi connectivity index (χ3n) is 3.68. The molecule has 3 heterocycles. The number of nitrogens with zero attached hydrogens (tertiary/aromatic N) is 3. The van der Waals surface area contributed by atoms with Crippen LogP contribution in [-0.2, 0) is 10.0 Å². The molecular formula is C15H12ClN5O2S. The molecule has 0 unspecified atom stereocenters. The summed E-state index contributed by atoms with van der Waals surface area (Å²) in [5.41, 5.74) is 1.77. The van der Waals surface area contributed by atoms with E-state index in [2.05, 4.69) is 20.3 Å². The first-order chi connectivity index (χ1) is 11.4. The van der Waals surface area contributed by atoms with Gasteiger partial charge in [0.05, 0.1) is 22.8 Å². The maximum atomic E-state index is 12.0. The van der Waals surface area contributed by atoms with E-state index in [4.69, 9.17) is 11.6 Å². The normalized spacial score (nSPS) is 12.1. The van der Waals surface area contributed by atoms with E-state index >= 15 is 0 Å². The fourth-order valence-electron chi connectivity index (χ4n) is 2.68. The van der Waals surface area contributed by atoms with Crippen LogP contribution in [0.3, 0.4) is 0 Å². The van der Waals surface area contributed by atoms with Gasteiger partial charge < -0.3 is 10.3 Å². The molecule has 0 radical (unpaired) electrons. The number of hydrogen-bond donors (Lipinski definition) is 2. The summed E-state index contributed by atoms with van der Waals surface area (Å²) in [7, 11) is -3.43. The Morgan fingerprint density at radius 3 is 2.83 bits per heavy atom. The summed E-state index contributed by atoms with van der Waals surface area (Å²) in [4.78, 5) is 11.3. The molecule has 3 aromatic heterocycles. The van der Waals surface area contributed by atoms with Crippen molar-refractivity contribution in [2.75, 3.05) is 11.6 Å². The van der Waals surface area contributed by atoms with E-state index in [1.807, 2.05) is 18.2 Å². The first kappa shape index (κ1) is 15.0. The van der Waals surface area contributed by atoms with Gasteiger partial charge in [0.15, 0.2) is 0 Å². The SMILES string of the molecule is CS(=O)(=O)n1ccc2cccc(Nc3nc(Cl)nc4[nH]ccc34)c21. The number of anilines is 2. The van der Waals surface area contributed by atoms with Gasteiger partial charge in [-0.1, -0.05) is 12.1 Å². The van der Waals surface area contributed by atoms with Crippen LogP contribution < -0.4 is 5.32 Å². The Morgan fingerprint density at radius 1 is 1.21 bits per heavy atom. The number of aromatic nitrogens is 4. The highest BCUT2D eigenvalue weighted by Crippen LogP contribution is 2.30. The molecule has 0 saturated heterocycles. The molecule has 0 aliphatic heterocycles. The molecule has 122 valence electrons. The number of aromatic amines is 1. The summed E-state index contributed by atoms with van der Waals surface area (Å²) in [5, 5.41) is 4.83. The molecule has 0 amide bonds. The minimum absolute atomic E-state index is 0.0955. The Morgan fingerprint density at radius 2 is 2.04 bits per heavy atom. The van der Waals surface area contributed by atoms with Gasteiger partial charge in [-0.25, -0.2) is 12.4 Å². The number of nitrogens with one attached hydrogen (secondary N) is 2. The van der Waals surface area contributed by atoms with Gasteiger partial charge in [-0.15, -0.1) is 0 Å². The van der Waals surface area contributed by atoms with Crippen molar-refractivity contribution in [3.63, 3.8) is 0 Å². The van der Waals surface area contributed by atoms with Crippen molar-refractivity contribution in [3.8, 4) is 0 Å². The van der Waals surface area contributed by atoms with Crippen LogP contribution >= 0.6 is 11.6 Å². The molecule has 0 aliphatic rings. The van der Waals surface area contributed by atoms with Crippen LogP contribution in [0.1, 0.15) is 0 Å². The zero-order valence-electron chi connectivity index (χ0n) is 12.5. The van der Waals surface area contributed by atoms with Crippen LogP contribution in [0.4, 0.5) is 11.5 Å². The van der Waals surface area contributed by atoms with E-state index in [1.54, 1.807) is 18.3 Å². The lowest BCUT2D eigenvalue weighted by Crippen LogP contribution is -2.09. The van der Waals surface area contributed by atoms with Crippen molar-refractivity contribution in [3.05, 3.63) is 48.0 Å². The number of benzene rings is 1. The van der Waals surface area contributed by atoms with E-state index in [-0.39, 0.29) is 5.28 Å². The number of H-pyrrole nitrogens is 1. The van der Waals surface area contributed by atoms with Gasteiger partial charge in [-0.3, -0.25) is 0 Å².